The third-order valence-corrected chi connectivity index (χ3v) is 3.27. The minimum absolute atomic E-state index is 0.635. The van der Waals surface area contributed by atoms with Crippen LogP contribution in [0, 0.1) is 18.3 Å². The molecule has 2 aromatic carbocycles. The second-order valence-electron chi connectivity index (χ2n) is 4.67. The van der Waals surface area contributed by atoms with Crippen LogP contribution in [0.2, 0.25) is 0 Å². The van der Waals surface area contributed by atoms with Gasteiger partial charge < -0.3 is 4.74 Å². The monoisotopic (exact) mass is 247 g/mol. The summed E-state index contributed by atoms with van der Waals surface area (Å²) in [6.45, 7) is 2.04. The lowest BCUT2D eigenvalue weighted by Crippen LogP contribution is -2.08. The zero-order chi connectivity index (χ0) is 13.2. The molecule has 0 amide bonds. The summed E-state index contributed by atoms with van der Waals surface area (Å²) >= 11 is 0. The Hall–Kier alpha value is -2.53. The zero-order valence-corrected chi connectivity index (χ0v) is 10.7. The number of aryl methyl sites for hydroxylation is 1. The lowest BCUT2D eigenvalue weighted by molar-refractivity contribution is 0.494. The Morgan fingerprint density at radius 1 is 1.05 bits per heavy atom. The van der Waals surface area contributed by atoms with Gasteiger partial charge in [-0.25, -0.2) is 0 Å². The fraction of sp³-hybridized carbons (Fsp3) is 0.118. The average Bonchev–Trinajstić information content (AvgIpc) is 2.46. The van der Waals surface area contributed by atoms with Crippen molar-refractivity contribution in [2.24, 2.45) is 0 Å². The Morgan fingerprint density at radius 3 is 2.53 bits per heavy atom. The Balaban J connectivity index is 2.07. The van der Waals surface area contributed by atoms with Crippen LogP contribution in [0.1, 0.15) is 16.7 Å². The van der Waals surface area contributed by atoms with Gasteiger partial charge in [-0.05, 0) is 13.0 Å². The summed E-state index contributed by atoms with van der Waals surface area (Å²) in [5.74, 6) is 1.53. The van der Waals surface area contributed by atoms with Gasteiger partial charge in [0.05, 0.1) is 11.6 Å². The highest BCUT2D eigenvalue weighted by Crippen LogP contribution is 2.34. The number of rotatable bonds is 1. The lowest BCUT2D eigenvalue weighted by Gasteiger charge is -2.20. The maximum Gasteiger partial charge on any atom is 0.148 e. The molecule has 3 rings (SSSR count). The van der Waals surface area contributed by atoms with Gasteiger partial charge >= 0.3 is 0 Å². The summed E-state index contributed by atoms with van der Waals surface area (Å²) in [5.41, 5.74) is 3.90. The minimum atomic E-state index is 0.635. The van der Waals surface area contributed by atoms with Gasteiger partial charge in [0.25, 0.3) is 0 Å². The second kappa shape index (κ2) is 4.62. The molecule has 0 saturated heterocycles. The number of fused-ring (bicyclic) bond motifs is 1. The number of benzene rings is 2. The van der Waals surface area contributed by atoms with E-state index in [1.165, 1.54) is 5.56 Å². The van der Waals surface area contributed by atoms with Crippen molar-refractivity contribution in [1.82, 2.24) is 0 Å². The van der Waals surface area contributed by atoms with Crippen LogP contribution in [0.15, 0.2) is 54.1 Å². The highest BCUT2D eigenvalue weighted by Gasteiger charge is 2.20. The number of nitriles is 1. The smallest absolute Gasteiger partial charge is 0.148 e. The molecule has 0 spiro atoms. The molecule has 0 aliphatic carbocycles. The van der Waals surface area contributed by atoms with Crippen molar-refractivity contribution in [2.45, 2.75) is 13.3 Å². The molecule has 1 aliphatic heterocycles. The topological polar surface area (TPSA) is 33.0 Å². The van der Waals surface area contributed by atoms with Gasteiger partial charge in [-0.2, -0.15) is 5.26 Å². The standard InChI is InChI=1S/C17H13NO/c1-12-6-8-13(9-7-12)17-15(11-18)10-14-4-2-3-5-16(14)19-17/h2-9H,10H2,1H3. The molecular formula is C17H13NO. The third kappa shape index (κ3) is 2.11. The highest BCUT2D eigenvalue weighted by molar-refractivity contribution is 5.71. The van der Waals surface area contributed by atoms with Crippen molar-refractivity contribution in [3.63, 3.8) is 0 Å². The van der Waals surface area contributed by atoms with Gasteiger partial charge in [0.2, 0.25) is 0 Å². The van der Waals surface area contributed by atoms with E-state index in [1.54, 1.807) is 0 Å². The van der Waals surface area contributed by atoms with E-state index < -0.39 is 0 Å². The zero-order valence-electron chi connectivity index (χ0n) is 10.7. The van der Waals surface area contributed by atoms with Gasteiger partial charge in [0, 0.05) is 17.5 Å². The van der Waals surface area contributed by atoms with Crippen molar-refractivity contribution in [1.29, 1.82) is 5.26 Å². The van der Waals surface area contributed by atoms with Crippen LogP contribution < -0.4 is 4.74 Å². The fourth-order valence-corrected chi connectivity index (χ4v) is 2.22. The number of ether oxygens (including phenoxy) is 1. The van der Waals surface area contributed by atoms with E-state index in [0.717, 1.165) is 16.9 Å². The summed E-state index contributed by atoms with van der Waals surface area (Å²) in [6, 6.07) is 18.2. The highest BCUT2D eigenvalue weighted by atomic mass is 16.5. The van der Waals surface area contributed by atoms with Crippen LogP contribution in [0.25, 0.3) is 5.76 Å². The van der Waals surface area contributed by atoms with Crippen LogP contribution in [-0.2, 0) is 6.42 Å². The van der Waals surface area contributed by atoms with Gasteiger partial charge in [0.1, 0.15) is 11.5 Å². The summed E-state index contributed by atoms with van der Waals surface area (Å²) in [4.78, 5) is 0. The molecule has 19 heavy (non-hydrogen) atoms. The van der Waals surface area contributed by atoms with Gasteiger partial charge in [-0.1, -0.05) is 48.0 Å². The van der Waals surface area contributed by atoms with Crippen molar-refractivity contribution in [3.8, 4) is 11.8 Å². The summed E-state index contributed by atoms with van der Waals surface area (Å²) < 4.78 is 5.92. The predicted molar refractivity (Wildman–Crippen MR) is 74.5 cm³/mol. The summed E-state index contributed by atoms with van der Waals surface area (Å²) in [7, 11) is 0. The molecule has 2 nitrogen and oxygen atoms in total. The molecule has 2 aromatic rings. The normalized spacial score (nSPS) is 13.5. The van der Waals surface area contributed by atoms with Crippen LogP contribution >= 0.6 is 0 Å². The first-order valence-corrected chi connectivity index (χ1v) is 6.24. The molecule has 0 N–H and O–H groups in total. The molecule has 1 aliphatic rings. The fourth-order valence-electron chi connectivity index (χ4n) is 2.22. The Labute approximate surface area is 112 Å². The Bertz CT molecular complexity index is 690. The molecule has 0 bridgehead atoms. The van der Waals surface area contributed by atoms with Gasteiger partial charge in [0.15, 0.2) is 0 Å². The molecule has 1 heterocycles. The van der Waals surface area contributed by atoms with Crippen LogP contribution in [0.4, 0.5) is 0 Å². The van der Waals surface area contributed by atoms with Crippen LogP contribution in [0.5, 0.6) is 5.75 Å². The first-order valence-electron chi connectivity index (χ1n) is 6.24. The maximum atomic E-state index is 9.32. The van der Waals surface area contributed by atoms with E-state index in [-0.39, 0.29) is 0 Å². The quantitative estimate of drug-likeness (QED) is 0.766. The third-order valence-electron chi connectivity index (χ3n) is 3.27. The first kappa shape index (κ1) is 11.6. The molecule has 0 fully saturated rings. The van der Waals surface area contributed by atoms with Gasteiger partial charge in [-0.3, -0.25) is 0 Å². The van der Waals surface area contributed by atoms with E-state index in [1.807, 2.05) is 55.5 Å². The van der Waals surface area contributed by atoms with E-state index in [0.29, 0.717) is 17.8 Å². The van der Waals surface area contributed by atoms with E-state index in [2.05, 4.69) is 6.07 Å². The largest absolute Gasteiger partial charge is 0.455 e. The van der Waals surface area contributed by atoms with Crippen molar-refractivity contribution in [3.05, 3.63) is 70.8 Å². The Morgan fingerprint density at radius 2 is 1.79 bits per heavy atom. The van der Waals surface area contributed by atoms with E-state index in [9.17, 15) is 5.26 Å². The molecule has 0 radical (unpaired) electrons. The lowest BCUT2D eigenvalue weighted by atomic mass is 9.98. The molecular weight excluding hydrogens is 234 g/mol. The minimum Gasteiger partial charge on any atom is -0.455 e. The first-order chi connectivity index (χ1) is 9.28. The van der Waals surface area contributed by atoms with Crippen molar-refractivity contribution >= 4 is 5.76 Å². The number of allylic oxidation sites excluding steroid dienone is 1. The van der Waals surface area contributed by atoms with Gasteiger partial charge in [-0.15, -0.1) is 0 Å². The van der Waals surface area contributed by atoms with Crippen LogP contribution in [-0.4, -0.2) is 0 Å². The number of nitrogens with zero attached hydrogens (tertiary/aromatic N) is 1. The molecule has 0 unspecified atom stereocenters. The molecule has 92 valence electrons. The van der Waals surface area contributed by atoms with E-state index >= 15 is 0 Å². The number of para-hydroxylation sites is 1. The maximum absolute atomic E-state index is 9.32. The number of hydrogen-bond donors (Lipinski definition) is 0. The van der Waals surface area contributed by atoms with Crippen molar-refractivity contribution < 1.29 is 4.74 Å². The summed E-state index contributed by atoms with van der Waals surface area (Å²) in [6.07, 6.45) is 0.635. The van der Waals surface area contributed by atoms with E-state index in [4.69, 9.17) is 4.74 Å². The molecule has 0 saturated carbocycles. The Kier molecular flexibility index (Phi) is 2.81. The predicted octanol–water partition coefficient (Wildman–Crippen LogP) is 3.86. The number of hydrogen-bond acceptors (Lipinski definition) is 2. The second-order valence-corrected chi connectivity index (χ2v) is 4.67. The average molecular weight is 247 g/mol. The molecule has 0 aromatic heterocycles. The molecule has 2 heteroatoms. The SMILES string of the molecule is Cc1ccc(C2=C(C#N)Cc3ccccc3O2)cc1. The van der Waals surface area contributed by atoms with Crippen LogP contribution in [0.3, 0.4) is 0 Å². The summed E-state index contributed by atoms with van der Waals surface area (Å²) in [5, 5.41) is 9.32. The van der Waals surface area contributed by atoms with Crippen molar-refractivity contribution in [2.75, 3.05) is 0 Å². The molecule has 0 atom stereocenters.